The van der Waals surface area contributed by atoms with Crippen LogP contribution >= 0.6 is 0 Å². The van der Waals surface area contributed by atoms with Gasteiger partial charge in [0.05, 0.1) is 12.1 Å². The van der Waals surface area contributed by atoms with Gasteiger partial charge in [-0.25, -0.2) is 0 Å². The zero-order valence-electron chi connectivity index (χ0n) is 12.2. The van der Waals surface area contributed by atoms with Crippen molar-refractivity contribution in [2.24, 2.45) is 0 Å². The van der Waals surface area contributed by atoms with Gasteiger partial charge in [-0.05, 0) is 45.4 Å². The van der Waals surface area contributed by atoms with Crippen LogP contribution in [0.25, 0.3) is 0 Å². The van der Waals surface area contributed by atoms with E-state index in [1.807, 2.05) is 52.0 Å². The van der Waals surface area contributed by atoms with Crippen LogP contribution in [0.1, 0.15) is 26.3 Å². The monoisotopic (exact) mass is 265 g/mol. The molecular formula is C15H23NO3. The number of hydrogen-bond acceptors (Lipinski definition) is 3. The highest BCUT2D eigenvalue weighted by Crippen LogP contribution is 2.11. The van der Waals surface area contributed by atoms with Gasteiger partial charge in [-0.2, -0.15) is 0 Å². The second-order valence-corrected chi connectivity index (χ2v) is 5.42. The maximum absolute atomic E-state index is 11.5. The number of benzene rings is 1. The largest absolute Gasteiger partial charge is 0.492 e. The molecule has 0 atom stereocenters. The van der Waals surface area contributed by atoms with Gasteiger partial charge in [0, 0.05) is 0 Å². The SMILES string of the molecule is Cc1cccc(OCCNC(=O)COC(C)(C)C)c1. The molecule has 0 bridgehead atoms. The molecule has 0 heterocycles. The Kier molecular flexibility index (Phi) is 5.83. The number of amides is 1. The van der Waals surface area contributed by atoms with E-state index in [9.17, 15) is 4.79 Å². The third-order valence-corrected chi connectivity index (χ3v) is 2.32. The van der Waals surface area contributed by atoms with Crippen molar-refractivity contribution in [3.8, 4) is 5.75 Å². The smallest absolute Gasteiger partial charge is 0.246 e. The molecule has 106 valence electrons. The van der Waals surface area contributed by atoms with E-state index >= 15 is 0 Å². The molecule has 0 aliphatic carbocycles. The predicted octanol–water partition coefficient (Wildman–Crippen LogP) is 2.31. The number of nitrogens with one attached hydrogen (secondary N) is 1. The van der Waals surface area contributed by atoms with Gasteiger partial charge < -0.3 is 14.8 Å². The first-order valence-corrected chi connectivity index (χ1v) is 6.47. The zero-order valence-corrected chi connectivity index (χ0v) is 12.2. The highest BCUT2D eigenvalue weighted by atomic mass is 16.5. The minimum Gasteiger partial charge on any atom is -0.492 e. The topological polar surface area (TPSA) is 47.6 Å². The third-order valence-electron chi connectivity index (χ3n) is 2.32. The first kappa shape index (κ1) is 15.5. The molecule has 19 heavy (non-hydrogen) atoms. The first-order valence-electron chi connectivity index (χ1n) is 6.47. The number of aryl methyl sites for hydroxylation is 1. The first-order chi connectivity index (χ1) is 8.87. The van der Waals surface area contributed by atoms with Crippen LogP contribution in [0, 0.1) is 6.92 Å². The molecular weight excluding hydrogens is 242 g/mol. The molecule has 0 radical (unpaired) electrons. The Morgan fingerprint density at radius 1 is 1.32 bits per heavy atom. The summed E-state index contributed by atoms with van der Waals surface area (Å²) < 4.78 is 10.9. The molecule has 1 aromatic rings. The average Bonchev–Trinajstić information content (AvgIpc) is 2.31. The molecule has 1 rings (SSSR count). The number of ether oxygens (including phenoxy) is 2. The Hall–Kier alpha value is -1.55. The fourth-order valence-electron chi connectivity index (χ4n) is 1.40. The molecule has 0 fully saturated rings. The van der Waals surface area contributed by atoms with Gasteiger partial charge in [0.1, 0.15) is 19.0 Å². The molecule has 0 spiro atoms. The molecule has 0 saturated carbocycles. The van der Waals surface area contributed by atoms with Crippen LogP contribution in [0.3, 0.4) is 0 Å². The van der Waals surface area contributed by atoms with Crippen molar-refractivity contribution in [3.05, 3.63) is 29.8 Å². The number of rotatable bonds is 6. The Balaban J connectivity index is 2.15. The molecule has 0 unspecified atom stereocenters. The van der Waals surface area contributed by atoms with E-state index < -0.39 is 0 Å². The van der Waals surface area contributed by atoms with Crippen molar-refractivity contribution < 1.29 is 14.3 Å². The molecule has 4 heteroatoms. The molecule has 1 aromatic carbocycles. The van der Waals surface area contributed by atoms with Gasteiger partial charge in [0.15, 0.2) is 0 Å². The fourth-order valence-corrected chi connectivity index (χ4v) is 1.40. The van der Waals surface area contributed by atoms with Crippen molar-refractivity contribution in [2.45, 2.75) is 33.3 Å². The minimum atomic E-state index is -0.296. The van der Waals surface area contributed by atoms with Crippen LogP contribution in [0.2, 0.25) is 0 Å². The van der Waals surface area contributed by atoms with Crippen LogP contribution in [0.5, 0.6) is 5.75 Å². The van der Waals surface area contributed by atoms with Crippen molar-refractivity contribution in [1.82, 2.24) is 5.32 Å². The summed E-state index contributed by atoms with van der Waals surface area (Å²) in [7, 11) is 0. The molecule has 1 amide bonds. The Labute approximate surface area is 115 Å². The van der Waals surface area contributed by atoms with Gasteiger partial charge in [0.25, 0.3) is 0 Å². The lowest BCUT2D eigenvalue weighted by atomic mass is 10.2. The van der Waals surface area contributed by atoms with Gasteiger partial charge in [0.2, 0.25) is 5.91 Å². The normalized spacial score (nSPS) is 11.2. The van der Waals surface area contributed by atoms with Crippen LogP contribution in [0.15, 0.2) is 24.3 Å². The summed E-state index contributed by atoms with van der Waals surface area (Å²) in [5, 5.41) is 2.75. The summed E-state index contributed by atoms with van der Waals surface area (Å²) in [5.74, 6) is 0.697. The van der Waals surface area contributed by atoms with Crippen LogP contribution in [-0.4, -0.2) is 31.3 Å². The van der Waals surface area contributed by atoms with E-state index in [0.717, 1.165) is 11.3 Å². The lowest BCUT2D eigenvalue weighted by molar-refractivity contribution is -0.130. The summed E-state index contributed by atoms with van der Waals surface area (Å²) >= 11 is 0. The average molecular weight is 265 g/mol. The summed E-state index contributed by atoms with van der Waals surface area (Å²) in [4.78, 5) is 11.5. The van der Waals surface area contributed by atoms with Crippen molar-refractivity contribution >= 4 is 5.91 Å². The second kappa shape index (κ2) is 7.14. The fraction of sp³-hybridized carbons (Fsp3) is 0.533. The molecule has 0 aliphatic rings. The van der Waals surface area contributed by atoms with Gasteiger partial charge in [-0.3, -0.25) is 4.79 Å². The quantitative estimate of drug-likeness (QED) is 0.803. The van der Waals surface area contributed by atoms with Gasteiger partial charge >= 0.3 is 0 Å². The van der Waals surface area contributed by atoms with Crippen LogP contribution in [-0.2, 0) is 9.53 Å². The second-order valence-electron chi connectivity index (χ2n) is 5.42. The van der Waals surface area contributed by atoms with Crippen molar-refractivity contribution in [3.63, 3.8) is 0 Å². The lowest BCUT2D eigenvalue weighted by Crippen LogP contribution is -2.34. The molecule has 4 nitrogen and oxygen atoms in total. The van der Waals surface area contributed by atoms with Crippen molar-refractivity contribution in [1.29, 1.82) is 0 Å². The zero-order chi connectivity index (χ0) is 14.3. The van der Waals surface area contributed by atoms with Gasteiger partial charge in [-0.1, -0.05) is 12.1 Å². The number of carbonyl (C=O) groups excluding carboxylic acids is 1. The summed E-state index contributed by atoms with van der Waals surface area (Å²) in [6.07, 6.45) is 0. The standard InChI is InChI=1S/C15H23NO3/c1-12-6-5-7-13(10-12)18-9-8-16-14(17)11-19-15(2,3)4/h5-7,10H,8-9,11H2,1-4H3,(H,16,17). The number of hydrogen-bond donors (Lipinski definition) is 1. The highest BCUT2D eigenvalue weighted by molar-refractivity contribution is 5.77. The van der Waals surface area contributed by atoms with E-state index in [4.69, 9.17) is 9.47 Å². The highest BCUT2D eigenvalue weighted by Gasteiger charge is 2.12. The molecule has 0 saturated heterocycles. The van der Waals surface area contributed by atoms with Crippen LogP contribution in [0.4, 0.5) is 0 Å². The maximum Gasteiger partial charge on any atom is 0.246 e. The summed E-state index contributed by atoms with van der Waals surface area (Å²) in [6, 6.07) is 7.82. The van der Waals surface area contributed by atoms with Crippen molar-refractivity contribution in [2.75, 3.05) is 19.8 Å². The molecule has 0 aliphatic heterocycles. The maximum atomic E-state index is 11.5. The van der Waals surface area contributed by atoms with E-state index in [2.05, 4.69) is 5.32 Å². The third kappa shape index (κ3) is 7.47. The molecule has 0 aromatic heterocycles. The van der Waals surface area contributed by atoms with E-state index in [0.29, 0.717) is 13.2 Å². The Bertz CT molecular complexity index is 410. The Morgan fingerprint density at radius 3 is 2.68 bits per heavy atom. The van der Waals surface area contributed by atoms with Crippen LogP contribution < -0.4 is 10.1 Å². The predicted molar refractivity (Wildman–Crippen MR) is 75.4 cm³/mol. The van der Waals surface area contributed by atoms with Gasteiger partial charge in [-0.15, -0.1) is 0 Å². The lowest BCUT2D eigenvalue weighted by Gasteiger charge is -2.19. The number of carbonyl (C=O) groups is 1. The van der Waals surface area contributed by atoms with E-state index in [1.165, 1.54) is 0 Å². The summed E-state index contributed by atoms with van der Waals surface area (Å²) in [6.45, 7) is 8.76. The molecule has 1 N–H and O–H groups in total. The van der Waals surface area contributed by atoms with E-state index in [1.54, 1.807) is 0 Å². The Morgan fingerprint density at radius 2 is 2.05 bits per heavy atom. The summed E-state index contributed by atoms with van der Waals surface area (Å²) in [5.41, 5.74) is 0.857. The van der Waals surface area contributed by atoms with E-state index in [-0.39, 0.29) is 18.1 Å². The minimum absolute atomic E-state index is 0.0773.